The van der Waals surface area contributed by atoms with Gasteiger partial charge in [0.2, 0.25) is 0 Å². The molecule has 186 valence electrons. The third-order valence-electron chi connectivity index (χ3n) is 6.50. The Kier molecular flexibility index (Phi) is 7.07. The second kappa shape index (κ2) is 9.71. The molecule has 1 aliphatic heterocycles. The van der Waals surface area contributed by atoms with E-state index in [1.807, 2.05) is 11.8 Å². The lowest BCUT2D eigenvalue weighted by Crippen LogP contribution is -2.76. The molecular weight excluding hydrogens is 475 g/mol. The summed E-state index contributed by atoms with van der Waals surface area (Å²) in [5.74, 6) is 0.375. The number of likely N-dealkylation sites (tertiary alicyclic amines) is 1. The van der Waals surface area contributed by atoms with E-state index in [0.29, 0.717) is 28.7 Å². The summed E-state index contributed by atoms with van der Waals surface area (Å²) in [6.07, 6.45) is 0.862. The first-order valence-electron chi connectivity index (χ1n) is 11.2. The first kappa shape index (κ1) is 24.7. The zero-order valence-corrected chi connectivity index (χ0v) is 19.6. The first-order valence-corrected chi connectivity index (χ1v) is 11.6. The number of carbonyl (C=O) groups is 1. The van der Waals surface area contributed by atoms with Gasteiger partial charge in [-0.05, 0) is 49.8 Å². The minimum absolute atomic E-state index is 0.0485. The first-order chi connectivity index (χ1) is 16.1. The van der Waals surface area contributed by atoms with E-state index in [2.05, 4.69) is 27.2 Å². The van der Waals surface area contributed by atoms with Crippen LogP contribution in [0.5, 0.6) is 0 Å². The molecule has 34 heavy (non-hydrogen) atoms. The van der Waals surface area contributed by atoms with Crippen molar-refractivity contribution in [2.24, 2.45) is 5.92 Å². The van der Waals surface area contributed by atoms with Crippen molar-refractivity contribution in [2.45, 2.75) is 63.6 Å². The van der Waals surface area contributed by atoms with E-state index in [-0.39, 0.29) is 18.7 Å². The molecule has 1 aromatic carbocycles. The Hall–Kier alpha value is -2.37. The van der Waals surface area contributed by atoms with Crippen LogP contribution in [0.15, 0.2) is 30.6 Å². The highest BCUT2D eigenvalue weighted by atomic mass is 35.5. The maximum atomic E-state index is 13.4. The number of ether oxygens (including phenoxy) is 2. The van der Waals surface area contributed by atoms with Crippen molar-refractivity contribution in [2.75, 3.05) is 18.5 Å². The van der Waals surface area contributed by atoms with Gasteiger partial charge >= 0.3 is 12.4 Å². The number of urea groups is 1. The molecule has 4 rings (SSSR count). The van der Waals surface area contributed by atoms with Crippen LogP contribution >= 0.6 is 11.6 Å². The molecule has 1 unspecified atom stereocenters. The van der Waals surface area contributed by atoms with E-state index in [1.54, 1.807) is 18.2 Å². The van der Waals surface area contributed by atoms with Gasteiger partial charge in [0.25, 0.3) is 0 Å². The van der Waals surface area contributed by atoms with Crippen LogP contribution in [0.2, 0.25) is 5.02 Å². The number of nitrogens with zero attached hydrogens (tertiary/aromatic N) is 4. The van der Waals surface area contributed by atoms with Crippen LogP contribution in [-0.2, 0) is 9.47 Å². The monoisotopic (exact) mass is 501 g/mol. The lowest BCUT2D eigenvalue weighted by molar-refractivity contribution is -0.328. The Morgan fingerprint density at radius 2 is 2.03 bits per heavy atom. The molecule has 2 bridgehead atoms. The third-order valence-corrected chi connectivity index (χ3v) is 6.82. The van der Waals surface area contributed by atoms with E-state index in [9.17, 15) is 18.0 Å². The molecule has 2 fully saturated rings. The fraction of sp³-hybridized carbons (Fsp3) is 0.591. The smallest absolute Gasteiger partial charge is 0.373 e. The zero-order valence-electron chi connectivity index (χ0n) is 18.9. The number of nitrogens with one attached hydrogen (secondary N) is 1. The highest BCUT2D eigenvalue weighted by Crippen LogP contribution is 2.53. The van der Waals surface area contributed by atoms with Gasteiger partial charge in [0.15, 0.2) is 0 Å². The number of anilines is 1. The number of carbonyl (C=O) groups excluding carboxylic acids is 1. The van der Waals surface area contributed by atoms with Crippen molar-refractivity contribution in [3.63, 3.8) is 0 Å². The van der Waals surface area contributed by atoms with E-state index in [0.717, 1.165) is 19.3 Å². The van der Waals surface area contributed by atoms with Gasteiger partial charge in [0.1, 0.15) is 5.69 Å². The fourth-order valence-electron chi connectivity index (χ4n) is 5.42. The minimum atomic E-state index is -4.70. The summed E-state index contributed by atoms with van der Waals surface area (Å²) < 4.78 is 46.6. The van der Waals surface area contributed by atoms with E-state index >= 15 is 0 Å². The second-order valence-electron chi connectivity index (χ2n) is 8.85. The number of hydrogen-bond acceptors (Lipinski definition) is 5. The molecule has 1 aromatic heterocycles. The summed E-state index contributed by atoms with van der Waals surface area (Å²) in [4.78, 5) is 16.6. The van der Waals surface area contributed by atoms with Crippen LogP contribution < -0.4 is 5.32 Å². The van der Waals surface area contributed by atoms with Gasteiger partial charge in [0.05, 0.1) is 42.3 Å². The normalized spacial score (nSPS) is 25.1. The molecule has 12 heteroatoms. The number of aromatic nitrogens is 3. The molecule has 2 heterocycles. The minimum Gasteiger partial charge on any atom is -0.373 e. The summed E-state index contributed by atoms with van der Waals surface area (Å²) in [7, 11) is 0. The number of alkyl halides is 3. The van der Waals surface area contributed by atoms with Crippen LogP contribution in [0.4, 0.5) is 23.7 Å². The molecular formula is C22H27ClF3N5O3. The van der Waals surface area contributed by atoms with Crippen LogP contribution in [0.1, 0.15) is 39.5 Å². The third kappa shape index (κ3) is 5.01. The van der Waals surface area contributed by atoms with Gasteiger partial charge in [-0.25, -0.2) is 4.79 Å². The molecule has 4 atom stereocenters. The zero-order chi connectivity index (χ0) is 24.5. The summed E-state index contributed by atoms with van der Waals surface area (Å²) in [5, 5.41) is 11.5. The summed E-state index contributed by atoms with van der Waals surface area (Å²) in [6.45, 7) is 3.25. The van der Waals surface area contributed by atoms with Crippen LogP contribution in [0, 0.1) is 5.92 Å². The van der Waals surface area contributed by atoms with Gasteiger partial charge < -0.3 is 15.0 Å². The van der Waals surface area contributed by atoms with E-state index in [4.69, 9.17) is 16.3 Å². The molecule has 1 saturated heterocycles. The van der Waals surface area contributed by atoms with E-state index in [1.165, 1.54) is 17.2 Å². The Labute approximate surface area is 200 Å². The van der Waals surface area contributed by atoms with Crippen LogP contribution in [0.25, 0.3) is 5.69 Å². The summed E-state index contributed by atoms with van der Waals surface area (Å²) in [6, 6.07) is 4.81. The number of rotatable bonds is 8. The molecule has 1 N–H and O–H groups in total. The molecule has 2 amide bonds. The van der Waals surface area contributed by atoms with Gasteiger partial charge in [-0.3, -0.25) is 4.74 Å². The summed E-state index contributed by atoms with van der Waals surface area (Å²) in [5.41, 5.74) is 0.483. The van der Waals surface area contributed by atoms with Crippen molar-refractivity contribution in [3.05, 3.63) is 35.6 Å². The predicted octanol–water partition coefficient (Wildman–Crippen LogP) is 5.03. The van der Waals surface area contributed by atoms with Crippen molar-refractivity contribution in [1.29, 1.82) is 0 Å². The van der Waals surface area contributed by atoms with Crippen molar-refractivity contribution < 1.29 is 27.4 Å². The highest BCUT2D eigenvalue weighted by molar-refractivity contribution is 6.32. The van der Waals surface area contributed by atoms with Crippen LogP contribution in [0.3, 0.4) is 0 Å². The van der Waals surface area contributed by atoms with Crippen LogP contribution in [-0.4, -0.2) is 63.2 Å². The standard InChI is InChI=1S/C22H27ClF3N5O3/c1-3-19(33-8-9-34-22(24,25)26)21-12-14(2)10-16(13-21)30(21)20(32)29-15-4-5-17(23)18(11-15)31-27-6-7-28-31/h4-7,11,14,16,19H,3,8-10,12-13H2,1-2H3,(H,29,32)/t14-,16-,19-,21?/m1/s1. The number of benzene rings is 1. The van der Waals surface area contributed by atoms with Crippen molar-refractivity contribution >= 4 is 23.3 Å². The maximum absolute atomic E-state index is 13.4. The largest absolute Gasteiger partial charge is 0.522 e. The molecule has 1 saturated carbocycles. The Morgan fingerprint density at radius 1 is 1.29 bits per heavy atom. The number of halogens is 4. The average Bonchev–Trinajstić information content (AvgIpc) is 3.28. The Balaban J connectivity index is 1.49. The molecule has 1 aliphatic carbocycles. The number of hydrogen-bond donors (Lipinski definition) is 1. The number of piperidine rings is 1. The average molecular weight is 502 g/mol. The van der Waals surface area contributed by atoms with Gasteiger partial charge in [-0.1, -0.05) is 25.4 Å². The SMILES string of the molecule is CC[C@@H](OCCOC(F)(F)F)C12C[C@H](C)C[C@H](C1)N2C(=O)Nc1ccc(Cl)c(-n2nccn2)c1. The van der Waals surface area contributed by atoms with Crippen molar-refractivity contribution in [3.8, 4) is 5.69 Å². The maximum Gasteiger partial charge on any atom is 0.522 e. The lowest BCUT2D eigenvalue weighted by atomic mass is 9.61. The lowest BCUT2D eigenvalue weighted by Gasteiger charge is -2.65. The Bertz CT molecular complexity index is 1010. The quantitative estimate of drug-likeness (QED) is 0.513. The van der Waals surface area contributed by atoms with Crippen molar-refractivity contribution in [1.82, 2.24) is 19.9 Å². The fourth-order valence-corrected chi connectivity index (χ4v) is 5.62. The van der Waals surface area contributed by atoms with E-state index < -0.39 is 24.6 Å². The molecule has 0 spiro atoms. The highest BCUT2D eigenvalue weighted by Gasteiger charge is 2.61. The summed E-state index contributed by atoms with van der Waals surface area (Å²) >= 11 is 6.27. The van der Waals surface area contributed by atoms with Gasteiger partial charge in [-0.15, -0.1) is 13.2 Å². The molecule has 0 radical (unpaired) electrons. The number of fused-ring (bicyclic) bond motifs is 2. The topological polar surface area (TPSA) is 81.5 Å². The second-order valence-corrected chi connectivity index (χ2v) is 9.26. The molecule has 8 nitrogen and oxygen atoms in total. The molecule has 2 aliphatic rings. The number of amides is 2. The Morgan fingerprint density at radius 3 is 2.71 bits per heavy atom. The predicted molar refractivity (Wildman–Crippen MR) is 119 cm³/mol. The van der Waals surface area contributed by atoms with Gasteiger partial charge in [0, 0.05) is 11.7 Å². The van der Waals surface area contributed by atoms with Gasteiger partial charge in [-0.2, -0.15) is 15.0 Å². The molecule has 2 aromatic rings.